The van der Waals surface area contributed by atoms with Gasteiger partial charge in [-0.15, -0.1) is 23.2 Å². The number of alkyl halides is 2. The van der Waals surface area contributed by atoms with E-state index in [9.17, 15) is 9.59 Å². The van der Waals surface area contributed by atoms with Crippen LogP contribution in [0, 0.1) is 0 Å². The van der Waals surface area contributed by atoms with Gasteiger partial charge >= 0.3 is 6.03 Å². The lowest BCUT2D eigenvalue weighted by molar-refractivity contribution is -0.117. The SMILES string of the molecule is O=C(NC1CC(=O)N(c2ccc(Cl)cc2)C1)N(CCCl)CCCl. The number of anilines is 1. The van der Waals surface area contributed by atoms with Crippen molar-refractivity contribution in [2.45, 2.75) is 12.5 Å². The van der Waals surface area contributed by atoms with Crippen molar-refractivity contribution in [3.05, 3.63) is 29.3 Å². The van der Waals surface area contributed by atoms with Crippen molar-refractivity contribution in [1.82, 2.24) is 10.2 Å². The standard InChI is InChI=1S/C15H18Cl3N3O2/c16-5-7-20(8-6-17)15(23)19-12-9-14(22)21(10-12)13-3-1-11(18)2-4-13/h1-4,12H,5-10H2,(H,19,23). The average molecular weight is 379 g/mol. The Kier molecular flexibility index (Phi) is 6.81. The van der Waals surface area contributed by atoms with Gasteiger partial charge in [0.05, 0.1) is 6.04 Å². The molecule has 0 aliphatic carbocycles. The van der Waals surface area contributed by atoms with Gasteiger partial charge in [0.15, 0.2) is 0 Å². The molecule has 23 heavy (non-hydrogen) atoms. The Morgan fingerprint density at radius 3 is 2.39 bits per heavy atom. The van der Waals surface area contributed by atoms with Gasteiger partial charge < -0.3 is 15.1 Å². The molecule has 1 aromatic rings. The Morgan fingerprint density at radius 1 is 1.22 bits per heavy atom. The highest BCUT2D eigenvalue weighted by atomic mass is 35.5. The van der Waals surface area contributed by atoms with Crippen LogP contribution in [0.4, 0.5) is 10.5 Å². The third-order valence-corrected chi connectivity index (χ3v) is 4.18. The predicted octanol–water partition coefficient (Wildman–Crippen LogP) is 2.93. The Balaban J connectivity index is 1.96. The second-order valence-electron chi connectivity index (χ2n) is 5.20. The monoisotopic (exact) mass is 377 g/mol. The first-order valence-electron chi connectivity index (χ1n) is 7.28. The molecular weight excluding hydrogens is 361 g/mol. The maximum absolute atomic E-state index is 12.2. The third-order valence-electron chi connectivity index (χ3n) is 3.59. The van der Waals surface area contributed by atoms with Crippen LogP contribution in [0.5, 0.6) is 0 Å². The number of rotatable bonds is 6. The number of benzene rings is 1. The summed E-state index contributed by atoms with van der Waals surface area (Å²) in [6, 6.07) is 6.56. The fourth-order valence-corrected chi connectivity index (χ4v) is 2.99. The molecule has 1 aromatic carbocycles. The van der Waals surface area contributed by atoms with Crippen molar-refractivity contribution in [2.75, 3.05) is 36.3 Å². The lowest BCUT2D eigenvalue weighted by Gasteiger charge is -2.23. The van der Waals surface area contributed by atoms with Gasteiger partial charge in [0.1, 0.15) is 0 Å². The van der Waals surface area contributed by atoms with E-state index in [0.717, 1.165) is 5.69 Å². The minimum Gasteiger partial charge on any atom is -0.333 e. The Labute approximate surface area is 150 Å². The first kappa shape index (κ1) is 18.2. The largest absolute Gasteiger partial charge is 0.333 e. The molecule has 126 valence electrons. The van der Waals surface area contributed by atoms with Crippen LogP contribution in [-0.4, -0.2) is 54.3 Å². The predicted molar refractivity (Wildman–Crippen MR) is 93.8 cm³/mol. The quantitative estimate of drug-likeness (QED) is 0.774. The molecule has 1 fully saturated rings. The summed E-state index contributed by atoms with van der Waals surface area (Å²) in [5.41, 5.74) is 0.773. The van der Waals surface area contributed by atoms with Crippen molar-refractivity contribution in [3.8, 4) is 0 Å². The number of urea groups is 1. The molecule has 0 spiro atoms. The average Bonchev–Trinajstić information content (AvgIpc) is 2.88. The first-order valence-corrected chi connectivity index (χ1v) is 8.73. The summed E-state index contributed by atoms with van der Waals surface area (Å²) in [5, 5.41) is 3.49. The lowest BCUT2D eigenvalue weighted by atomic mass is 10.2. The maximum atomic E-state index is 12.2. The van der Waals surface area contributed by atoms with Gasteiger partial charge in [0, 0.05) is 48.5 Å². The summed E-state index contributed by atoms with van der Waals surface area (Å²) < 4.78 is 0. The molecule has 0 radical (unpaired) electrons. The van der Waals surface area contributed by atoms with Crippen LogP contribution < -0.4 is 10.2 Å². The van der Waals surface area contributed by atoms with Gasteiger partial charge in [-0.3, -0.25) is 4.79 Å². The molecule has 8 heteroatoms. The van der Waals surface area contributed by atoms with E-state index < -0.39 is 0 Å². The van der Waals surface area contributed by atoms with E-state index in [-0.39, 0.29) is 24.4 Å². The summed E-state index contributed by atoms with van der Waals surface area (Å²) in [5.74, 6) is 0.647. The van der Waals surface area contributed by atoms with E-state index in [1.54, 1.807) is 34.1 Å². The van der Waals surface area contributed by atoms with Crippen molar-refractivity contribution < 1.29 is 9.59 Å². The molecule has 1 unspecified atom stereocenters. The fourth-order valence-electron chi connectivity index (χ4n) is 2.46. The Morgan fingerprint density at radius 2 is 1.83 bits per heavy atom. The van der Waals surface area contributed by atoms with Crippen molar-refractivity contribution in [2.24, 2.45) is 0 Å². The van der Waals surface area contributed by atoms with E-state index in [1.165, 1.54) is 0 Å². The number of carbonyl (C=O) groups is 2. The third kappa shape index (κ3) is 4.90. The van der Waals surface area contributed by atoms with E-state index in [1.807, 2.05) is 0 Å². The molecular formula is C15H18Cl3N3O2. The van der Waals surface area contributed by atoms with E-state index in [2.05, 4.69) is 5.32 Å². The second-order valence-corrected chi connectivity index (χ2v) is 6.39. The van der Waals surface area contributed by atoms with Gasteiger partial charge in [-0.1, -0.05) is 11.6 Å². The molecule has 1 aliphatic heterocycles. The van der Waals surface area contributed by atoms with E-state index in [4.69, 9.17) is 34.8 Å². The van der Waals surface area contributed by atoms with Crippen molar-refractivity contribution in [1.29, 1.82) is 0 Å². The zero-order valence-electron chi connectivity index (χ0n) is 12.5. The Hall–Kier alpha value is -1.17. The number of halogens is 3. The molecule has 0 bridgehead atoms. The van der Waals surface area contributed by atoms with Gasteiger partial charge in [0.25, 0.3) is 0 Å². The van der Waals surface area contributed by atoms with Gasteiger partial charge in [-0.25, -0.2) is 4.79 Å². The lowest BCUT2D eigenvalue weighted by Crippen LogP contribution is -2.47. The van der Waals surface area contributed by atoms with Crippen molar-refractivity contribution >= 4 is 52.4 Å². The van der Waals surface area contributed by atoms with Crippen LogP contribution in [0.1, 0.15) is 6.42 Å². The second kappa shape index (κ2) is 8.62. The van der Waals surface area contributed by atoms with E-state index >= 15 is 0 Å². The maximum Gasteiger partial charge on any atom is 0.317 e. The molecule has 1 aliphatic rings. The Bertz CT molecular complexity index is 547. The van der Waals surface area contributed by atoms with Crippen LogP contribution in [0.3, 0.4) is 0 Å². The summed E-state index contributed by atoms with van der Waals surface area (Å²) in [6.45, 7) is 1.27. The number of hydrogen-bond donors (Lipinski definition) is 1. The molecule has 1 saturated heterocycles. The van der Waals surface area contributed by atoms with Gasteiger partial charge in [-0.2, -0.15) is 0 Å². The zero-order chi connectivity index (χ0) is 16.8. The number of hydrogen-bond acceptors (Lipinski definition) is 2. The molecule has 3 amide bonds. The molecule has 2 rings (SSSR count). The van der Waals surface area contributed by atoms with Gasteiger partial charge in [0.2, 0.25) is 5.91 Å². The zero-order valence-corrected chi connectivity index (χ0v) is 14.7. The number of carbonyl (C=O) groups excluding carboxylic acids is 2. The van der Waals surface area contributed by atoms with Crippen molar-refractivity contribution in [3.63, 3.8) is 0 Å². The minimum atomic E-state index is -0.248. The number of nitrogens with one attached hydrogen (secondary N) is 1. The van der Waals surface area contributed by atoms with Crippen LogP contribution in [0.25, 0.3) is 0 Å². The molecule has 0 aromatic heterocycles. The summed E-state index contributed by atoms with van der Waals surface area (Å²) in [6.07, 6.45) is 0.268. The summed E-state index contributed by atoms with van der Waals surface area (Å²) in [7, 11) is 0. The molecule has 1 N–H and O–H groups in total. The normalized spacial score (nSPS) is 17.4. The highest BCUT2D eigenvalue weighted by molar-refractivity contribution is 6.30. The van der Waals surface area contributed by atoms with Crippen LogP contribution in [-0.2, 0) is 4.79 Å². The van der Waals surface area contributed by atoms with Crippen LogP contribution in [0.15, 0.2) is 24.3 Å². The number of amides is 3. The molecule has 0 saturated carbocycles. The minimum absolute atomic E-state index is 0.0288. The van der Waals surface area contributed by atoms with Crippen LogP contribution in [0.2, 0.25) is 5.02 Å². The summed E-state index contributed by atoms with van der Waals surface area (Å²) >= 11 is 17.2. The fraction of sp³-hybridized carbons (Fsp3) is 0.467. The molecule has 5 nitrogen and oxygen atoms in total. The summed E-state index contributed by atoms with van der Waals surface area (Å²) in [4.78, 5) is 27.6. The first-order chi connectivity index (χ1) is 11.0. The molecule has 1 heterocycles. The topological polar surface area (TPSA) is 52.7 Å². The molecule has 1 atom stereocenters. The van der Waals surface area contributed by atoms with Gasteiger partial charge in [-0.05, 0) is 24.3 Å². The highest BCUT2D eigenvalue weighted by Crippen LogP contribution is 2.23. The van der Waals surface area contributed by atoms with Crippen LogP contribution >= 0.6 is 34.8 Å². The highest BCUT2D eigenvalue weighted by Gasteiger charge is 2.32. The van der Waals surface area contributed by atoms with E-state index in [0.29, 0.717) is 36.4 Å². The smallest absolute Gasteiger partial charge is 0.317 e. The number of nitrogens with zero attached hydrogens (tertiary/aromatic N) is 2.